The summed E-state index contributed by atoms with van der Waals surface area (Å²) in [7, 11) is 0. The summed E-state index contributed by atoms with van der Waals surface area (Å²) in [6.45, 7) is 2.01. The first kappa shape index (κ1) is 10.5. The molecule has 0 radical (unpaired) electrons. The zero-order valence-corrected chi connectivity index (χ0v) is 8.16. The molecule has 1 saturated carbocycles. The average molecular weight is 186 g/mol. The first-order valence-corrected chi connectivity index (χ1v) is 5.07. The Morgan fingerprint density at radius 3 is 2.77 bits per heavy atom. The van der Waals surface area contributed by atoms with Crippen LogP contribution in [0.15, 0.2) is 0 Å². The molecule has 1 rings (SSSR count). The molecule has 0 aromatic heterocycles. The smallest absolute Gasteiger partial charge is 0.329 e. The predicted molar refractivity (Wildman–Crippen MR) is 49.6 cm³/mol. The summed E-state index contributed by atoms with van der Waals surface area (Å²) in [5.41, 5.74) is 0. The molecule has 3 heteroatoms. The molecule has 0 aromatic carbocycles. The fourth-order valence-electron chi connectivity index (χ4n) is 2.04. The molecule has 0 aliphatic heterocycles. The zero-order valence-electron chi connectivity index (χ0n) is 8.16. The number of ether oxygens (including phenoxy) is 1. The van der Waals surface area contributed by atoms with Gasteiger partial charge in [0, 0.05) is 0 Å². The molecule has 1 N–H and O–H groups in total. The first-order chi connectivity index (χ1) is 6.24. The standard InChI is InChI=1S/C10H18O3/c1-2-8-5-3-4-6-9(8)13-7-10(11)12/h8-9H,2-7H2,1H3,(H,11,12)/t8-,9+/m1/s1. The molecule has 1 aliphatic rings. The molecule has 3 nitrogen and oxygen atoms in total. The largest absolute Gasteiger partial charge is 0.480 e. The first-order valence-electron chi connectivity index (χ1n) is 5.07. The highest BCUT2D eigenvalue weighted by atomic mass is 16.5. The van der Waals surface area contributed by atoms with Gasteiger partial charge in [-0.25, -0.2) is 4.79 Å². The fraction of sp³-hybridized carbons (Fsp3) is 0.900. The number of rotatable bonds is 4. The van der Waals surface area contributed by atoms with Crippen LogP contribution in [0.1, 0.15) is 39.0 Å². The summed E-state index contributed by atoms with van der Waals surface area (Å²) >= 11 is 0. The van der Waals surface area contributed by atoms with Gasteiger partial charge in [-0.15, -0.1) is 0 Å². The topological polar surface area (TPSA) is 46.5 Å². The molecule has 1 fully saturated rings. The van der Waals surface area contributed by atoms with Crippen LogP contribution in [0, 0.1) is 5.92 Å². The van der Waals surface area contributed by atoms with Crippen LogP contribution in [0.4, 0.5) is 0 Å². The number of carbonyl (C=O) groups is 1. The van der Waals surface area contributed by atoms with Crippen molar-refractivity contribution < 1.29 is 14.6 Å². The Morgan fingerprint density at radius 1 is 1.46 bits per heavy atom. The summed E-state index contributed by atoms with van der Waals surface area (Å²) in [6, 6.07) is 0. The van der Waals surface area contributed by atoms with Gasteiger partial charge in [-0.3, -0.25) is 0 Å². The van der Waals surface area contributed by atoms with Crippen molar-refractivity contribution in [1.82, 2.24) is 0 Å². The van der Waals surface area contributed by atoms with Crippen LogP contribution < -0.4 is 0 Å². The molecule has 0 aromatic rings. The molecular formula is C10H18O3. The Kier molecular flexibility index (Phi) is 4.22. The lowest BCUT2D eigenvalue weighted by atomic mass is 9.85. The van der Waals surface area contributed by atoms with Gasteiger partial charge >= 0.3 is 5.97 Å². The van der Waals surface area contributed by atoms with Crippen molar-refractivity contribution in [3.8, 4) is 0 Å². The number of carboxylic acid groups (broad SMARTS) is 1. The maximum atomic E-state index is 10.3. The van der Waals surface area contributed by atoms with E-state index >= 15 is 0 Å². The van der Waals surface area contributed by atoms with Crippen molar-refractivity contribution in [3.63, 3.8) is 0 Å². The maximum absolute atomic E-state index is 10.3. The third kappa shape index (κ3) is 3.35. The van der Waals surface area contributed by atoms with Crippen LogP contribution in [0.3, 0.4) is 0 Å². The van der Waals surface area contributed by atoms with Crippen LogP contribution in [0.25, 0.3) is 0 Å². The molecule has 0 spiro atoms. The SMILES string of the molecule is CC[C@@H]1CCCC[C@@H]1OCC(=O)O. The highest BCUT2D eigenvalue weighted by Crippen LogP contribution is 2.28. The summed E-state index contributed by atoms with van der Waals surface area (Å²) in [5.74, 6) is -0.284. The second kappa shape index (κ2) is 5.22. The van der Waals surface area contributed by atoms with E-state index in [2.05, 4.69) is 6.92 Å². The Hall–Kier alpha value is -0.570. The van der Waals surface area contributed by atoms with Crippen molar-refractivity contribution in [2.75, 3.05) is 6.61 Å². The number of carboxylic acids is 1. The van der Waals surface area contributed by atoms with Gasteiger partial charge in [0.15, 0.2) is 0 Å². The number of aliphatic carboxylic acids is 1. The van der Waals surface area contributed by atoms with Crippen LogP contribution in [-0.2, 0) is 9.53 Å². The normalized spacial score (nSPS) is 28.7. The van der Waals surface area contributed by atoms with Gasteiger partial charge in [-0.05, 0) is 18.8 Å². The highest BCUT2D eigenvalue weighted by molar-refractivity contribution is 5.68. The number of hydrogen-bond donors (Lipinski definition) is 1. The molecule has 1 aliphatic carbocycles. The molecule has 76 valence electrons. The summed E-state index contributed by atoms with van der Waals surface area (Å²) in [4.78, 5) is 10.3. The maximum Gasteiger partial charge on any atom is 0.329 e. The van der Waals surface area contributed by atoms with E-state index < -0.39 is 5.97 Å². The molecule has 0 amide bonds. The van der Waals surface area contributed by atoms with Crippen molar-refractivity contribution >= 4 is 5.97 Å². The lowest BCUT2D eigenvalue weighted by Gasteiger charge is -2.30. The van der Waals surface area contributed by atoms with E-state index in [1.165, 1.54) is 19.3 Å². The van der Waals surface area contributed by atoms with Crippen molar-refractivity contribution in [3.05, 3.63) is 0 Å². The molecule has 0 saturated heterocycles. The summed E-state index contributed by atoms with van der Waals surface area (Å²) < 4.78 is 5.35. The minimum atomic E-state index is -0.861. The van der Waals surface area contributed by atoms with E-state index in [0.29, 0.717) is 5.92 Å². The van der Waals surface area contributed by atoms with Gasteiger partial charge in [-0.1, -0.05) is 26.2 Å². The van der Waals surface area contributed by atoms with E-state index in [4.69, 9.17) is 9.84 Å². The van der Waals surface area contributed by atoms with Gasteiger partial charge in [-0.2, -0.15) is 0 Å². The minimum Gasteiger partial charge on any atom is -0.480 e. The molecule has 13 heavy (non-hydrogen) atoms. The second-order valence-corrected chi connectivity index (χ2v) is 3.70. The van der Waals surface area contributed by atoms with Crippen molar-refractivity contribution in [1.29, 1.82) is 0 Å². The van der Waals surface area contributed by atoms with Crippen LogP contribution in [-0.4, -0.2) is 23.8 Å². The van der Waals surface area contributed by atoms with E-state index in [1.807, 2.05) is 0 Å². The fourth-order valence-corrected chi connectivity index (χ4v) is 2.04. The predicted octanol–water partition coefficient (Wildman–Crippen LogP) is 2.06. The Balaban J connectivity index is 2.31. The summed E-state index contributed by atoms with van der Waals surface area (Å²) in [5, 5.41) is 8.48. The second-order valence-electron chi connectivity index (χ2n) is 3.70. The quantitative estimate of drug-likeness (QED) is 0.731. The van der Waals surface area contributed by atoms with Crippen molar-refractivity contribution in [2.45, 2.75) is 45.1 Å². The minimum absolute atomic E-state index is 0.138. The van der Waals surface area contributed by atoms with Gasteiger partial charge in [0.25, 0.3) is 0 Å². The Labute approximate surface area is 79.1 Å². The zero-order chi connectivity index (χ0) is 9.68. The van der Waals surface area contributed by atoms with Gasteiger partial charge in [0.2, 0.25) is 0 Å². The van der Waals surface area contributed by atoms with Gasteiger partial charge < -0.3 is 9.84 Å². The van der Waals surface area contributed by atoms with Crippen LogP contribution in [0.2, 0.25) is 0 Å². The molecule has 0 unspecified atom stereocenters. The van der Waals surface area contributed by atoms with E-state index in [1.54, 1.807) is 0 Å². The third-order valence-electron chi connectivity index (χ3n) is 2.78. The summed E-state index contributed by atoms with van der Waals surface area (Å²) in [6.07, 6.45) is 5.97. The molecular weight excluding hydrogens is 168 g/mol. The van der Waals surface area contributed by atoms with E-state index in [-0.39, 0.29) is 12.7 Å². The van der Waals surface area contributed by atoms with E-state index in [0.717, 1.165) is 12.8 Å². The van der Waals surface area contributed by atoms with E-state index in [9.17, 15) is 4.79 Å². The van der Waals surface area contributed by atoms with Crippen molar-refractivity contribution in [2.24, 2.45) is 5.92 Å². The van der Waals surface area contributed by atoms with Crippen LogP contribution >= 0.6 is 0 Å². The molecule has 0 heterocycles. The lowest BCUT2D eigenvalue weighted by molar-refractivity contribution is -0.146. The highest BCUT2D eigenvalue weighted by Gasteiger charge is 2.24. The third-order valence-corrected chi connectivity index (χ3v) is 2.78. The average Bonchev–Trinajstić information content (AvgIpc) is 2.15. The number of hydrogen-bond acceptors (Lipinski definition) is 2. The van der Waals surface area contributed by atoms with Crippen LogP contribution in [0.5, 0.6) is 0 Å². The lowest BCUT2D eigenvalue weighted by Crippen LogP contribution is -2.29. The molecule has 0 bridgehead atoms. The molecule has 2 atom stereocenters. The van der Waals surface area contributed by atoms with Gasteiger partial charge in [0.1, 0.15) is 6.61 Å². The Bertz CT molecular complexity index is 168. The van der Waals surface area contributed by atoms with Gasteiger partial charge in [0.05, 0.1) is 6.10 Å². The monoisotopic (exact) mass is 186 g/mol. The Morgan fingerprint density at radius 2 is 2.15 bits per heavy atom.